The maximum Gasteiger partial charge on any atom is 0.325 e. The summed E-state index contributed by atoms with van der Waals surface area (Å²) in [5, 5.41) is 5.17. The number of benzene rings is 1. The molecular weight excluding hydrogens is 363 g/mol. The zero-order chi connectivity index (χ0) is 18.7. The molecule has 1 aromatic rings. The second-order valence-electron chi connectivity index (χ2n) is 6.41. The monoisotopic (exact) mass is 382 g/mol. The van der Waals surface area contributed by atoms with E-state index in [1.54, 1.807) is 12.1 Å². The fourth-order valence-electron chi connectivity index (χ4n) is 3.35. The van der Waals surface area contributed by atoms with Crippen LogP contribution in [0.2, 0.25) is 5.02 Å². The molecule has 2 N–H and O–H groups in total. The van der Waals surface area contributed by atoms with Gasteiger partial charge in [0.1, 0.15) is 18.9 Å². The second-order valence-corrected chi connectivity index (χ2v) is 6.81. The number of halogens is 2. The lowest BCUT2D eigenvalue weighted by atomic mass is 10.0. The molecule has 2 aliphatic rings. The molecule has 4 amide bonds. The van der Waals surface area contributed by atoms with E-state index in [0.717, 1.165) is 30.8 Å². The number of likely N-dealkylation sites (tertiary alicyclic amines) is 1. The Balaban J connectivity index is 1.67. The van der Waals surface area contributed by atoms with Crippen LogP contribution in [0.3, 0.4) is 0 Å². The fourth-order valence-corrected chi connectivity index (χ4v) is 3.64. The van der Waals surface area contributed by atoms with E-state index >= 15 is 0 Å². The largest absolute Gasteiger partial charge is 0.353 e. The molecule has 1 unspecified atom stereocenters. The predicted molar refractivity (Wildman–Crippen MR) is 93.1 cm³/mol. The average Bonchev–Trinajstić information content (AvgIpc) is 3.20. The van der Waals surface area contributed by atoms with E-state index in [2.05, 4.69) is 15.5 Å². The summed E-state index contributed by atoms with van der Waals surface area (Å²) in [6, 6.07) is 3.56. The van der Waals surface area contributed by atoms with E-state index in [4.69, 9.17) is 11.6 Å². The minimum Gasteiger partial charge on any atom is -0.353 e. The summed E-state index contributed by atoms with van der Waals surface area (Å²) < 4.78 is 14.4. The normalized spacial score (nSPS) is 18.9. The van der Waals surface area contributed by atoms with Gasteiger partial charge in [-0.05, 0) is 38.1 Å². The molecule has 0 radical (unpaired) electrons. The van der Waals surface area contributed by atoms with Gasteiger partial charge in [-0.15, -0.1) is 0 Å². The second kappa shape index (κ2) is 8.01. The van der Waals surface area contributed by atoms with E-state index in [1.807, 2.05) is 0 Å². The molecule has 0 bridgehead atoms. The molecule has 3 rings (SSSR count). The van der Waals surface area contributed by atoms with Crippen molar-refractivity contribution in [1.29, 1.82) is 0 Å². The number of carbonyl (C=O) groups is 3. The van der Waals surface area contributed by atoms with Crippen LogP contribution < -0.4 is 10.6 Å². The van der Waals surface area contributed by atoms with Gasteiger partial charge in [-0.3, -0.25) is 19.8 Å². The number of amides is 4. The Labute approximate surface area is 155 Å². The molecule has 0 aliphatic carbocycles. The molecular formula is C17H20ClFN4O3. The zero-order valence-corrected chi connectivity index (χ0v) is 14.9. The van der Waals surface area contributed by atoms with Crippen molar-refractivity contribution in [3.05, 3.63) is 34.6 Å². The molecule has 7 nitrogen and oxygen atoms in total. The van der Waals surface area contributed by atoms with Gasteiger partial charge in [-0.25, -0.2) is 9.18 Å². The van der Waals surface area contributed by atoms with Gasteiger partial charge in [0.15, 0.2) is 0 Å². The minimum atomic E-state index is -0.585. The fraction of sp³-hybridized carbons (Fsp3) is 0.471. The van der Waals surface area contributed by atoms with Crippen molar-refractivity contribution in [3.8, 4) is 0 Å². The first-order chi connectivity index (χ1) is 12.5. The number of hydrogen-bond acceptors (Lipinski definition) is 4. The Kier molecular flexibility index (Phi) is 5.73. The van der Waals surface area contributed by atoms with Gasteiger partial charge < -0.3 is 10.2 Å². The molecule has 0 saturated carbocycles. The van der Waals surface area contributed by atoms with Crippen LogP contribution in [0.5, 0.6) is 0 Å². The van der Waals surface area contributed by atoms with Gasteiger partial charge in [0, 0.05) is 17.1 Å². The highest BCUT2D eigenvalue weighted by molar-refractivity contribution is 6.31. The van der Waals surface area contributed by atoms with Crippen molar-refractivity contribution in [1.82, 2.24) is 20.4 Å². The van der Waals surface area contributed by atoms with Crippen LogP contribution in [-0.4, -0.2) is 60.4 Å². The highest BCUT2D eigenvalue weighted by atomic mass is 35.5. The number of carbonyl (C=O) groups excluding carboxylic acids is 3. The van der Waals surface area contributed by atoms with Crippen LogP contribution in [-0.2, 0) is 9.59 Å². The number of hydrogen-bond donors (Lipinski definition) is 2. The topological polar surface area (TPSA) is 81.8 Å². The van der Waals surface area contributed by atoms with Gasteiger partial charge in [0.2, 0.25) is 11.8 Å². The molecule has 2 aliphatic heterocycles. The Bertz CT molecular complexity index is 704. The third kappa shape index (κ3) is 4.13. The molecule has 0 aromatic heterocycles. The number of rotatable bonds is 6. The third-order valence-corrected chi connectivity index (χ3v) is 4.94. The molecule has 1 atom stereocenters. The molecule has 2 heterocycles. The highest BCUT2D eigenvalue weighted by Crippen LogP contribution is 2.31. The maximum absolute atomic E-state index is 14.4. The number of urea groups is 1. The lowest BCUT2D eigenvalue weighted by Crippen LogP contribution is -2.42. The van der Waals surface area contributed by atoms with Crippen LogP contribution in [0.1, 0.15) is 24.4 Å². The first kappa shape index (κ1) is 18.6. The van der Waals surface area contributed by atoms with E-state index in [0.29, 0.717) is 10.6 Å². The van der Waals surface area contributed by atoms with Crippen LogP contribution in [0.15, 0.2) is 18.2 Å². The summed E-state index contributed by atoms with van der Waals surface area (Å²) in [7, 11) is 0. The van der Waals surface area contributed by atoms with Crippen molar-refractivity contribution in [2.24, 2.45) is 0 Å². The Morgan fingerprint density at radius 3 is 2.65 bits per heavy atom. The lowest BCUT2D eigenvalue weighted by Gasteiger charge is -2.29. The molecule has 9 heteroatoms. The summed E-state index contributed by atoms with van der Waals surface area (Å²) in [6.07, 6.45) is 2.01. The third-order valence-electron chi connectivity index (χ3n) is 4.61. The molecule has 2 saturated heterocycles. The van der Waals surface area contributed by atoms with Crippen LogP contribution in [0.25, 0.3) is 0 Å². The number of imide groups is 1. The molecule has 26 heavy (non-hydrogen) atoms. The molecule has 140 valence electrons. The average molecular weight is 383 g/mol. The van der Waals surface area contributed by atoms with E-state index in [9.17, 15) is 18.8 Å². The van der Waals surface area contributed by atoms with E-state index < -0.39 is 23.7 Å². The number of nitrogens with zero attached hydrogens (tertiary/aromatic N) is 2. The summed E-state index contributed by atoms with van der Waals surface area (Å²) in [4.78, 5) is 38.1. The standard InChI is InChI=1S/C17H20ClFN4O3/c18-11-4-3-5-12(19)16(11)13(22-6-1-2-7-22)8-20-14(24)9-23-10-15(25)21-17(23)26/h3-5,13H,1-2,6-10H2,(H,20,24)(H,21,25,26). The van der Waals surface area contributed by atoms with Gasteiger partial charge in [0.05, 0.1) is 6.04 Å². The van der Waals surface area contributed by atoms with Gasteiger partial charge in [0.25, 0.3) is 0 Å². The predicted octanol–water partition coefficient (Wildman–Crippen LogP) is 1.28. The summed E-state index contributed by atoms with van der Waals surface area (Å²) in [5.74, 6) is -1.25. The van der Waals surface area contributed by atoms with Crippen LogP contribution >= 0.6 is 11.6 Å². The Morgan fingerprint density at radius 1 is 1.31 bits per heavy atom. The maximum atomic E-state index is 14.4. The van der Waals surface area contributed by atoms with Gasteiger partial charge in [-0.1, -0.05) is 17.7 Å². The minimum absolute atomic E-state index is 0.138. The summed E-state index contributed by atoms with van der Waals surface area (Å²) in [6.45, 7) is 1.40. The highest BCUT2D eigenvalue weighted by Gasteiger charge is 2.30. The van der Waals surface area contributed by atoms with Crippen molar-refractivity contribution in [2.45, 2.75) is 18.9 Å². The molecule has 0 spiro atoms. The van der Waals surface area contributed by atoms with Crippen molar-refractivity contribution < 1.29 is 18.8 Å². The quantitative estimate of drug-likeness (QED) is 0.726. The van der Waals surface area contributed by atoms with Crippen molar-refractivity contribution in [2.75, 3.05) is 32.7 Å². The van der Waals surface area contributed by atoms with E-state index in [1.165, 1.54) is 6.07 Å². The SMILES string of the molecule is O=C(CN1CC(=O)NC1=O)NCC(c1c(F)cccc1Cl)N1CCCC1. The lowest BCUT2D eigenvalue weighted by molar-refractivity contribution is -0.122. The summed E-state index contributed by atoms with van der Waals surface area (Å²) >= 11 is 6.21. The first-order valence-electron chi connectivity index (χ1n) is 8.49. The van der Waals surface area contributed by atoms with Crippen LogP contribution in [0.4, 0.5) is 9.18 Å². The van der Waals surface area contributed by atoms with Crippen molar-refractivity contribution in [3.63, 3.8) is 0 Å². The van der Waals surface area contributed by atoms with Gasteiger partial charge in [-0.2, -0.15) is 0 Å². The molecule has 1 aromatic carbocycles. The summed E-state index contributed by atoms with van der Waals surface area (Å²) in [5.41, 5.74) is 0.366. The zero-order valence-electron chi connectivity index (χ0n) is 14.1. The molecule has 2 fully saturated rings. The first-order valence-corrected chi connectivity index (χ1v) is 8.87. The van der Waals surface area contributed by atoms with Crippen molar-refractivity contribution >= 4 is 29.4 Å². The van der Waals surface area contributed by atoms with E-state index in [-0.39, 0.29) is 25.7 Å². The number of nitrogens with one attached hydrogen (secondary N) is 2. The van der Waals surface area contributed by atoms with Crippen LogP contribution in [0, 0.1) is 5.82 Å². The van der Waals surface area contributed by atoms with Gasteiger partial charge >= 0.3 is 6.03 Å². The Morgan fingerprint density at radius 2 is 2.04 bits per heavy atom. The Hall–Kier alpha value is -2.19. The smallest absolute Gasteiger partial charge is 0.325 e.